The lowest BCUT2D eigenvalue weighted by Crippen LogP contribution is -2.43. The van der Waals surface area contributed by atoms with Gasteiger partial charge >= 0.3 is 0 Å². The summed E-state index contributed by atoms with van der Waals surface area (Å²) < 4.78 is 10.4. The molecule has 0 saturated carbocycles. The van der Waals surface area contributed by atoms with Crippen molar-refractivity contribution in [3.8, 4) is 0 Å². The molecule has 1 rings (SSSR count). The third-order valence-corrected chi connectivity index (χ3v) is 1.95. The lowest BCUT2D eigenvalue weighted by molar-refractivity contribution is -0.147. The highest BCUT2D eigenvalue weighted by Crippen LogP contribution is 2.00. The predicted octanol–water partition coefficient (Wildman–Crippen LogP) is 0.484. The van der Waals surface area contributed by atoms with Gasteiger partial charge in [-0.2, -0.15) is 0 Å². The summed E-state index contributed by atoms with van der Waals surface area (Å²) in [6, 6.07) is 0. The van der Waals surface area contributed by atoms with Crippen molar-refractivity contribution in [2.45, 2.75) is 19.4 Å². The van der Waals surface area contributed by atoms with Gasteiger partial charge in [0.05, 0.1) is 19.8 Å². The quantitative estimate of drug-likeness (QED) is 0.529. The predicted molar refractivity (Wildman–Crippen MR) is 53.0 cm³/mol. The topological polar surface area (TPSA) is 47.6 Å². The molecule has 0 radical (unpaired) electrons. The second-order valence-corrected chi connectivity index (χ2v) is 3.08. The van der Waals surface area contributed by atoms with Crippen LogP contribution in [0.2, 0.25) is 0 Å². The van der Waals surface area contributed by atoms with Gasteiger partial charge in [0.2, 0.25) is 0 Å². The zero-order valence-electron chi connectivity index (χ0n) is 8.49. The van der Waals surface area contributed by atoms with Gasteiger partial charge in [-0.15, -0.1) is 0 Å². The fourth-order valence-corrected chi connectivity index (χ4v) is 1.20. The van der Waals surface area contributed by atoms with E-state index < -0.39 is 6.10 Å². The van der Waals surface area contributed by atoms with Crippen molar-refractivity contribution in [2.24, 2.45) is 0 Å². The molecule has 1 fully saturated rings. The maximum Gasteiger partial charge on any atom is 0.251 e. The first-order valence-corrected chi connectivity index (χ1v) is 4.93. The molecule has 4 heteroatoms. The molecule has 0 aromatic heterocycles. The Morgan fingerprint density at radius 3 is 3.07 bits per heavy atom. The minimum atomic E-state index is -0.422. The molecule has 0 bridgehead atoms. The number of amides is 1. The van der Waals surface area contributed by atoms with Gasteiger partial charge in [-0.25, -0.2) is 0 Å². The Morgan fingerprint density at radius 2 is 2.43 bits per heavy atom. The molecule has 1 aliphatic rings. The fraction of sp³-hybridized carbons (Fsp3) is 0.700. The lowest BCUT2D eigenvalue weighted by atomic mass is 10.3. The van der Waals surface area contributed by atoms with Gasteiger partial charge in [-0.3, -0.25) is 4.79 Å². The summed E-state index contributed by atoms with van der Waals surface area (Å²) in [5.74, 6) is -0.0748. The SMILES string of the molecule is C/C=C/CCNC(=O)C1COCCO1. The average Bonchev–Trinajstić information content (AvgIpc) is 2.25. The molecule has 0 aliphatic carbocycles. The van der Waals surface area contributed by atoms with E-state index in [1.807, 2.05) is 19.1 Å². The number of carbonyl (C=O) groups is 1. The second kappa shape index (κ2) is 6.56. The van der Waals surface area contributed by atoms with Crippen LogP contribution in [0, 0.1) is 0 Å². The van der Waals surface area contributed by atoms with Gasteiger partial charge in [-0.05, 0) is 13.3 Å². The zero-order valence-corrected chi connectivity index (χ0v) is 8.49. The molecule has 14 heavy (non-hydrogen) atoms. The van der Waals surface area contributed by atoms with E-state index in [1.165, 1.54) is 0 Å². The van der Waals surface area contributed by atoms with Gasteiger partial charge in [0, 0.05) is 6.54 Å². The fourth-order valence-electron chi connectivity index (χ4n) is 1.20. The largest absolute Gasteiger partial charge is 0.376 e. The van der Waals surface area contributed by atoms with Crippen LogP contribution in [-0.4, -0.2) is 38.4 Å². The van der Waals surface area contributed by atoms with Gasteiger partial charge in [-0.1, -0.05) is 12.2 Å². The minimum Gasteiger partial charge on any atom is -0.376 e. The van der Waals surface area contributed by atoms with Crippen LogP contribution in [0.1, 0.15) is 13.3 Å². The number of rotatable bonds is 4. The smallest absolute Gasteiger partial charge is 0.251 e. The third kappa shape index (κ3) is 3.89. The molecule has 0 spiro atoms. The Balaban J connectivity index is 2.13. The first kappa shape index (κ1) is 11.2. The lowest BCUT2D eigenvalue weighted by Gasteiger charge is -2.21. The summed E-state index contributed by atoms with van der Waals surface area (Å²) in [4.78, 5) is 11.4. The molecule has 4 nitrogen and oxygen atoms in total. The third-order valence-electron chi connectivity index (χ3n) is 1.95. The van der Waals surface area contributed by atoms with Crippen LogP contribution in [0.15, 0.2) is 12.2 Å². The summed E-state index contributed by atoms with van der Waals surface area (Å²) in [5, 5.41) is 2.79. The molecule has 1 N–H and O–H groups in total. The van der Waals surface area contributed by atoms with E-state index in [-0.39, 0.29) is 5.91 Å². The highest BCUT2D eigenvalue weighted by molar-refractivity contribution is 5.80. The Labute approximate surface area is 84.3 Å². The summed E-state index contributed by atoms with van der Waals surface area (Å²) in [6.07, 6.45) is 4.41. The number of allylic oxidation sites excluding steroid dienone is 1. The number of hydrogen-bond donors (Lipinski definition) is 1. The number of hydrogen-bond acceptors (Lipinski definition) is 3. The standard InChI is InChI=1S/C10H17NO3/c1-2-3-4-5-11-10(12)9-8-13-6-7-14-9/h2-3,9H,4-8H2,1H3,(H,11,12)/b3-2+. The van der Waals surface area contributed by atoms with E-state index in [2.05, 4.69) is 5.32 Å². The van der Waals surface area contributed by atoms with Crippen LogP contribution < -0.4 is 5.32 Å². The van der Waals surface area contributed by atoms with E-state index in [1.54, 1.807) is 0 Å². The molecule has 80 valence electrons. The molecule has 1 saturated heterocycles. The molecule has 1 aliphatic heterocycles. The molecule has 1 atom stereocenters. The maximum atomic E-state index is 11.4. The first-order valence-electron chi connectivity index (χ1n) is 4.93. The number of ether oxygens (including phenoxy) is 2. The van der Waals surface area contributed by atoms with Gasteiger partial charge in [0.15, 0.2) is 6.10 Å². The number of nitrogens with one attached hydrogen (secondary N) is 1. The minimum absolute atomic E-state index is 0.0748. The summed E-state index contributed by atoms with van der Waals surface area (Å²) in [6.45, 7) is 4.08. The summed E-state index contributed by atoms with van der Waals surface area (Å²) >= 11 is 0. The van der Waals surface area contributed by atoms with E-state index >= 15 is 0 Å². The summed E-state index contributed by atoms with van der Waals surface area (Å²) in [7, 11) is 0. The van der Waals surface area contributed by atoms with Crippen LogP contribution in [0.3, 0.4) is 0 Å². The van der Waals surface area contributed by atoms with Crippen molar-refractivity contribution < 1.29 is 14.3 Å². The normalized spacial score (nSPS) is 22.5. The molecule has 0 aromatic rings. The second-order valence-electron chi connectivity index (χ2n) is 3.08. The van der Waals surface area contributed by atoms with Crippen LogP contribution in [0.25, 0.3) is 0 Å². The Kier molecular flexibility index (Phi) is 5.25. The van der Waals surface area contributed by atoms with Gasteiger partial charge < -0.3 is 14.8 Å². The molecule has 1 amide bonds. The van der Waals surface area contributed by atoms with Crippen LogP contribution in [0.4, 0.5) is 0 Å². The average molecular weight is 199 g/mol. The summed E-state index contributed by atoms with van der Waals surface area (Å²) in [5.41, 5.74) is 0. The van der Waals surface area contributed by atoms with E-state index in [0.717, 1.165) is 6.42 Å². The Morgan fingerprint density at radius 1 is 1.57 bits per heavy atom. The molecule has 0 aromatic carbocycles. The van der Waals surface area contributed by atoms with Crippen LogP contribution >= 0.6 is 0 Å². The molecular formula is C10H17NO3. The Bertz CT molecular complexity index is 198. The number of carbonyl (C=O) groups excluding carboxylic acids is 1. The van der Waals surface area contributed by atoms with E-state index in [0.29, 0.717) is 26.4 Å². The van der Waals surface area contributed by atoms with Crippen molar-refractivity contribution >= 4 is 5.91 Å². The van der Waals surface area contributed by atoms with Crippen LogP contribution in [-0.2, 0) is 14.3 Å². The van der Waals surface area contributed by atoms with Crippen molar-refractivity contribution in [1.82, 2.24) is 5.32 Å². The molecule has 1 heterocycles. The van der Waals surface area contributed by atoms with Gasteiger partial charge in [0.25, 0.3) is 5.91 Å². The molecular weight excluding hydrogens is 182 g/mol. The maximum absolute atomic E-state index is 11.4. The van der Waals surface area contributed by atoms with E-state index in [9.17, 15) is 4.79 Å². The van der Waals surface area contributed by atoms with E-state index in [4.69, 9.17) is 9.47 Å². The van der Waals surface area contributed by atoms with Crippen molar-refractivity contribution in [1.29, 1.82) is 0 Å². The Hall–Kier alpha value is -0.870. The van der Waals surface area contributed by atoms with Crippen molar-refractivity contribution in [3.63, 3.8) is 0 Å². The highest BCUT2D eigenvalue weighted by Gasteiger charge is 2.21. The van der Waals surface area contributed by atoms with Crippen molar-refractivity contribution in [2.75, 3.05) is 26.4 Å². The first-order chi connectivity index (χ1) is 6.84. The van der Waals surface area contributed by atoms with Crippen molar-refractivity contribution in [3.05, 3.63) is 12.2 Å². The monoisotopic (exact) mass is 199 g/mol. The zero-order chi connectivity index (χ0) is 10.2. The molecule has 1 unspecified atom stereocenters. The van der Waals surface area contributed by atoms with Gasteiger partial charge in [0.1, 0.15) is 0 Å². The highest BCUT2D eigenvalue weighted by atomic mass is 16.6. The van der Waals surface area contributed by atoms with Crippen LogP contribution in [0.5, 0.6) is 0 Å².